The van der Waals surface area contributed by atoms with Gasteiger partial charge < -0.3 is 9.84 Å². The van der Waals surface area contributed by atoms with Gasteiger partial charge in [0.05, 0.1) is 20.7 Å². The van der Waals surface area contributed by atoms with E-state index in [4.69, 9.17) is 4.74 Å². The van der Waals surface area contributed by atoms with Crippen LogP contribution in [0.4, 0.5) is 0 Å². The van der Waals surface area contributed by atoms with Gasteiger partial charge in [-0.05, 0) is 38.5 Å². The highest BCUT2D eigenvalue weighted by atomic mass is 16.5. The molecule has 0 unspecified atom stereocenters. The van der Waals surface area contributed by atoms with Gasteiger partial charge in [-0.2, -0.15) is 0 Å². The molecule has 0 aromatic heterocycles. The summed E-state index contributed by atoms with van der Waals surface area (Å²) in [5, 5.41) is 16.2. The van der Waals surface area contributed by atoms with Crippen LogP contribution in [0.2, 0.25) is 0 Å². The molecule has 0 saturated heterocycles. The van der Waals surface area contributed by atoms with E-state index >= 15 is 0 Å². The largest absolute Gasteiger partial charge is 0.858 e. The Balaban J connectivity index is 3.47. The minimum absolute atomic E-state index is 0.0220. The molecule has 0 heterocycles. The number of unbranched alkanes of at least 4 members (excludes halogenated alkanes) is 11. The molecule has 0 rings (SSSR count). The minimum atomic E-state index is 0.0220. The fourth-order valence-corrected chi connectivity index (χ4v) is 3.06. The van der Waals surface area contributed by atoms with Crippen LogP contribution in [-0.4, -0.2) is 44.8 Å². The molecule has 0 aliphatic rings. The Morgan fingerprint density at radius 2 is 1.37 bits per heavy atom. The zero-order valence-electron chi connectivity index (χ0n) is 18.7. The molecule has 0 radical (unpaired) electrons. The number of nitrogens with zero attached hydrogens (tertiary/aromatic N) is 2. The average molecular weight is 383 g/mol. The summed E-state index contributed by atoms with van der Waals surface area (Å²) in [4.78, 5) is 0. The van der Waals surface area contributed by atoms with Gasteiger partial charge in [0.2, 0.25) is 0 Å². The molecule has 0 fully saturated rings. The molecule has 160 valence electrons. The maximum Gasteiger partial charge on any atom is 0.126 e. The first-order valence-corrected chi connectivity index (χ1v) is 11.2. The maximum absolute atomic E-state index is 11.9. The Morgan fingerprint density at radius 3 is 1.93 bits per heavy atom. The van der Waals surface area contributed by atoms with E-state index in [-0.39, 0.29) is 5.90 Å². The summed E-state index contributed by atoms with van der Waals surface area (Å²) in [7, 11) is 5.56. The molecule has 0 amide bonds. The van der Waals surface area contributed by atoms with E-state index in [1.54, 1.807) is 7.11 Å². The molecule has 27 heavy (non-hydrogen) atoms. The summed E-state index contributed by atoms with van der Waals surface area (Å²) in [6.45, 7) is 3.62. The van der Waals surface area contributed by atoms with Crippen LogP contribution in [0.3, 0.4) is 0 Å². The Morgan fingerprint density at radius 1 is 0.852 bits per heavy atom. The monoisotopic (exact) mass is 382 g/mol. The number of ether oxygens (including phenoxy) is 1. The molecule has 0 aromatic rings. The van der Waals surface area contributed by atoms with Crippen LogP contribution in [0, 0.1) is 0 Å². The van der Waals surface area contributed by atoms with Gasteiger partial charge in [-0.3, -0.25) is 0 Å². The van der Waals surface area contributed by atoms with Gasteiger partial charge in [0.1, 0.15) is 6.54 Å². The standard InChI is InChI=1S/C23H46N2O2/c1-5-6-7-8-9-10-11-12-13-14-15-16-17-18-19-20-23(26)24-25(2,3)21-22-27-4/h12-13H,5-11,14-22H2,1-4H3/b13-12-. The molecular formula is C23H46N2O2. The smallest absolute Gasteiger partial charge is 0.126 e. The molecule has 0 bridgehead atoms. The van der Waals surface area contributed by atoms with Crippen molar-refractivity contribution in [2.45, 2.75) is 96.8 Å². The highest BCUT2D eigenvalue weighted by molar-refractivity contribution is 5.70. The lowest BCUT2D eigenvalue weighted by Gasteiger charge is -2.25. The first-order chi connectivity index (χ1) is 13.0. The molecule has 0 saturated carbocycles. The zero-order chi connectivity index (χ0) is 20.2. The number of rotatable bonds is 19. The van der Waals surface area contributed by atoms with Gasteiger partial charge in [0.15, 0.2) is 0 Å². The lowest BCUT2D eigenvalue weighted by molar-refractivity contribution is -0.898. The molecule has 0 aliphatic heterocycles. The number of allylic oxidation sites excluding steroid dienone is 2. The number of hydrogen-bond donors (Lipinski definition) is 0. The normalized spacial score (nSPS) is 13.0. The van der Waals surface area contributed by atoms with Crippen molar-refractivity contribution in [2.75, 3.05) is 34.4 Å². The molecule has 4 heteroatoms. The number of methoxy groups -OCH3 is 1. The summed E-state index contributed by atoms with van der Waals surface area (Å²) >= 11 is 0. The second kappa shape index (κ2) is 18.5. The first-order valence-electron chi connectivity index (χ1n) is 11.2. The van der Waals surface area contributed by atoms with Crippen LogP contribution in [-0.2, 0) is 4.74 Å². The van der Waals surface area contributed by atoms with Crippen LogP contribution < -0.4 is 5.11 Å². The van der Waals surface area contributed by atoms with Gasteiger partial charge in [0, 0.05) is 13.0 Å². The zero-order valence-corrected chi connectivity index (χ0v) is 18.7. The maximum atomic E-state index is 11.9. The van der Waals surface area contributed by atoms with Gasteiger partial charge >= 0.3 is 0 Å². The second-order valence-electron chi connectivity index (χ2n) is 8.17. The summed E-state index contributed by atoms with van der Waals surface area (Å²) < 4.78 is 5.42. The van der Waals surface area contributed by atoms with E-state index < -0.39 is 0 Å². The Labute approximate surface area is 169 Å². The summed E-state index contributed by atoms with van der Waals surface area (Å²) in [5.74, 6) is 0.0220. The molecule has 0 aliphatic carbocycles. The van der Waals surface area contributed by atoms with Crippen molar-refractivity contribution in [3.8, 4) is 0 Å². The average Bonchev–Trinajstić information content (AvgIpc) is 2.63. The third kappa shape index (κ3) is 19.7. The summed E-state index contributed by atoms with van der Waals surface area (Å²) in [6.07, 6.45) is 21.9. The minimum Gasteiger partial charge on any atom is -0.858 e. The van der Waals surface area contributed by atoms with E-state index in [1.165, 1.54) is 70.6 Å². The molecular weight excluding hydrogens is 336 g/mol. The van der Waals surface area contributed by atoms with Crippen molar-refractivity contribution in [3.63, 3.8) is 0 Å². The summed E-state index contributed by atoms with van der Waals surface area (Å²) in [6, 6.07) is 0. The van der Waals surface area contributed by atoms with E-state index in [9.17, 15) is 5.11 Å². The molecule has 0 spiro atoms. The third-order valence-corrected chi connectivity index (χ3v) is 4.88. The van der Waals surface area contributed by atoms with Gasteiger partial charge in [0.25, 0.3) is 0 Å². The van der Waals surface area contributed by atoms with Gasteiger partial charge in [-0.25, -0.2) is 4.59 Å². The van der Waals surface area contributed by atoms with Crippen LogP contribution in [0.15, 0.2) is 17.3 Å². The first kappa shape index (κ1) is 26.1. The van der Waals surface area contributed by atoms with Crippen LogP contribution in [0.25, 0.3) is 0 Å². The predicted octanol–water partition coefficient (Wildman–Crippen LogP) is 5.42. The van der Waals surface area contributed by atoms with Crippen molar-refractivity contribution in [2.24, 2.45) is 5.10 Å². The lowest BCUT2D eigenvalue weighted by Crippen LogP contribution is -2.39. The molecule has 0 N–H and O–H groups in total. The topological polar surface area (TPSA) is 44.7 Å². The fraction of sp³-hybridized carbons (Fsp3) is 0.870. The molecule has 0 atom stereocenters. The Hall–Kier alpha value is -0.870. The van der Waals surface area contributed by atoms with Gasteiger partial charge in [-0.1, -0.05) is 70.4 Å². The van der Waals surface area contributed by atoms with E-state index in [0.717, 1.165) is 19.4 Å². The Kier molecular flexibility index (Phi) is 17.9. The number of hydrogen-bond acceptors (Lipinski definition) is 3. The van der Waals surface area contributed by atoms with Crippen molar-refractivity contribution < 1.29 is 14.4 Å². The van der Waals surface area contributed by atoms with E-state index in [1.807, 2.05) is 14.1 Å². The molecule has 0 aromatic carbocycles. The van der Waals surface area contributed by atoms with E-state index in [0.29, 0.717) is 17.6 Å². The second-order valence-corrected chi connectivity index (χ2v) is 8.17. The Bertz CT molecular complexity index is 379. The highest BCUT2D eigenvalue weighted by Gasteiger charge is 2.12. The quantitative estimate of drug-likeness (QED) is 0.0747. The SMILES string of the molecule is CCCCCCCC/C=C\CCCCCCC/C([O-])=N/[N+](C)(C)CCOC. The van der Waals surface area contributed by atoms with Crippen molar-refractivity contribution in [3.05, 3.63) is 12.2 Å². The van der Waals surface area contributed by atoms with Crippen LogP contribution >= 0.6 is 0 Å². The number of quaternary nitrogens is 1. The predicted molar refractivity (Wildman–Crippen MR) is 116 cm³/mol. The van der Waals surface area contributed by atoms with Crippen molar-refractivity contribution >= 4 is 5.90 Å². The lowest BCUT2D eigenvalue weighted by atomic mass is 10.1. The third-order valence-electron chi connectivity index (χ3n) is 4.88. The summed E-state index contributed by atoms with van der Waals surface area (Å²) in [5.41, 5.74) is 0. The van der Waals surface area contributed by atoms with Crippen LogP contribution in [0.5, 0.6) is 0 Å². The van der Waals surface area contributed by atoms with Gasteiger partial charge in [-0.15, -0.1) is 5.10 Å². The van der Waals surface area contributed by atoms with E-state index in [2.05, 4.69) is 24.2 Å². The highest BCUT2D eigenvalue weighted by Crippen LogP contribution is 2.10. The number of likely N-dealkylation sites (N-methyl/N-ethyl adjacent to an activating group) is 1. The molecule has 4 nitrogen and oxygen atoms in total. The van der Waals surface area contributed by atoms with Crippen LogP contribution in [0.1, 0.15) is 96.8 Å². The fourth-order valence-electron chi connectivity index (χ4n) is 3.06. The van der Waals surface area contributed by atoms with Crippen molar-refractivity contribution in [1.29, 1.82) is 0 Å². The van der Waals surface area contributed by atoms with Crippen molar-refractivity contribution in [1.82, 2.24) is 0 Å².